The number of aromatic nitrogens is 1. The normalized spacial score (nSPS) is 19.4. The van der Waals surface area contributed by atoms with Crippen LogP contribution in [0.2, 0.25) is 0 Å². The number of benzene rings is 1. The molecule has 2 aromatic rings. The first kappa shape index (κ1) is 18.2. The highest BCUT2D eigenvalue weighted by atomic mass is 32.1. The minimum absolute atomic E-state index is 0.200. The molecular formula is C18H20N2O5S. The van der Waals surface area contributed by atoms with Crippen LogP contribution in [0.1, 0.15) is 29.4 Å². The van der Waals surface area contributed by atoms with E-state index in [1.165, 1.54) is 18.4 Å². The zero-order valence-electron chi connectivity index (χ0n) is 14.6. The van der Waals surface area contributed by atoms with Crippen LogP contribution in [0.4, 0.5) is 0 Å². The largest absolute Gasteiger partial charge is 0.493 e. The van der Waals surface area contributed by atoms with Crippen molar-refractivity contribution in [2.24, 2.45) is 5.41 Å². The van der Waals surface area contributed by atoms with E-state index < -0.39 is 11.4 Å². The summed E-state index contributed by atoms with van der Waals surface area (Å²) in [7, 11) is 1.51. The number of carbonyl (C=O) groups excluding carboxylic acids is 1. The SMILES string of the molecule is COc1cc(C(=O)N2CCC(C)(C(=O)O)C2)ccc1OCc1cscn1. The first-order valence-electron chi connectivity index (χ1n) is 8.13. The van der Waals surface area contributed by atoms with E-state index >= 15 is 0 Å². The lowest BCUT2D eigenvalue weighted by Gasteiger charge is -2.20. The molecule has 1 fully saturated rings. The molecule has 8 heteroatoms. The van der Waals surface area contributed by atoms with Crippen molar-refractivity contribution in [2.45, 2.75) is 20.0 Å². The van der Waals surface area contributed by atoms with Gasteiger partial charge in [-0.2, -0.15) is 0 Å². The van der Waals surface area contributed by atoms with E-state index in [-0.39, 0.29) is 12.5 Å². The van der Waals surface area contributed by atoms with Crippen molar-refractivity contribution in [3.8, 4) is 11.5 Å². The molecule has 0 bridgehead atoms. The van der Waals surface area contributed by atoms with Gasteiger partial charge in [-0.05, 0) is 31.5 Å². The fraction of sp³-hybridized carbons (Fsp3) is 0.389. The highest BCUT2D eigenvalue weighted by Crippen LogP contribution is 2.33. The summed E-state index contributed by atoms with van der Waals surface area (Å²) < 4.78 is 11.1. The number of ether oxygens (including phenoxy) is 2. The molecule has 1 unspecified atom stereocenters. The number of nitrogens with zero attached hydrogens (tertiary/aromatic N) is 2. The Kier molecular flexibility index (Phi) is 5.13. The van der Waals surface area contributed by atoms with Gasteiger partial charge in [0.15, 0.2) is 11.5 Å². The van der Waals surface area contributed by atoms with Crippen molar-refractivity contribution in [2.75, 3.05) is 20.2 Å². The maximum Gasteiger partial charge on any atom is 0.311 e. The van der Waals surface area contributed by atoms with Gasteiger partial charge >= 0.3 is 5.97 Å². The summed E-state index contributed by atoms with van der Waals surface area (Å²) in [5.41, 5.74) is 2.11. The van der Waals surface area contributed by atoms with Crippen molar-refractivity contribution < 1.29 is 24.2 Å². The van der Waals surface area contributed by atoms with Crippen LogP contribution in [0.5, 0.6) is 11.5 Å². The molecule has 138 valence electrons. The third-order valence-electron chi connectivity index (χ3n) is 4.55. The monoisotopic (exact) mass is 376 g/mol. The second kappa shape index (κ2) is 7.33. The minimum Gasteiger partial charge on any atom is -0.493 e. The van der Waals surface area contributed by atoms with E-state index in [0.29, 0.717) is 36.6 Å². The minimum atomic E-state index is -0.893. The van der Waals surface area contributed by atoms with Gasteiger partial charge in [0, 0.05) is 24.0 Å². The Morgan fingerprint density at radius 1 is 1.38 bits per heavy atom. The molecule has 1 aromatic carbocycles. The maximum absolute atomic E-state index is 12.7. The number of carbonyl (C=O) groups is 2. The molecule has 26 heavy (non-hydrogen) atoms. The van der Waals surface area contributed by atoms with Gasteiger partial charge in [-0.3, -0.25) is 9.59 Å². The van der Waals surface area contributed by atoms with Gasteiger partial charge in [0.2, 0.25) is 0 Å². The number of aliphatic carboxylic acids is 1. The molecular weight excluding hydrogens is 356 g/mol. The van der Waals surface area contributed by atoms with Gasteiger partial charge in [-0.1, -0.05) is 0 Å². The molecule has 1 saturated heterocycles. The number of amides is 1. The Balaban J connectivity index is 1.72. The number of hydrogen-bond donors (Lipinski definition) is 1. The second-order valence-corrected chi connectivity index (χ2v) is 7.20. The zero-order chi connectivity index (χ0) is 18.7. The predicted molar refractivity (Wildman–Crippen MR) is 95.7 cm³/mol. The fourth-order valence-corrected chi connectivity index (χ4v) is 3.42. The third-order valence-corrected chi connectivity index (χ3v) is 5.18. The van der Waals surface area contributed by atoms with Crippen molar-refractivity contribution >= 4 is 23.2 Å². The van der Waals surface area contributed by atoms with Gasteiger partial charge < -0.3 is 19.5 Å². The van der Waals surface area contributed by atoms with Crippen molar-refractivity contribution in [1.29, 1.82) is 0 Å². The Hall–Kier alpha value is -2.61. The van der Waals surface area contributed by atoms with Crippen molar-refractivity contribution in [1.82, 2.24) is 9.88 Å². The molecule has 1 N–H and O–H groups in total. The number of carboxylic acids is 1. The van der Waals surface area contributed by atoms with E-state index in [9.17, 15) is 14.7 Å². The highest BCUT2D eigenvalue weighted by Gasteiger charge is 2.42. The molecule has 1 aliphatic heterocycles. The van der Waals surface area contributed by atoms with Gasteiger partial charge in [-0.25, -0.2) is 4.98 Å². The molecule has 1 amide bonds. The number of rotatable bonds is 6. The van der Waals surface area contributed by atoms with Crippen molar-refractivity contribution in [3.05, 3.63) is 40.3 Å². The average Bonchev–Trinajstić information content (AvgIpc) is 3.29. The lowest BCUT2D eigenvalue weighted by Crippen LogP contribution is -2.34. The van der Waals surface area contributed by atoms with Crippen molar-refractivity contribution in [3.63, 3.8) is 0 Å². The Morgan fingerprint density at radius 3 is 2.81 bits per heavy atom. The van der Waals surface area contributed by atoms with Crippen LogP contribution in [0.15, 0.2) is 29.1 Å². The molecule has 0 radical (unpaired) electrons. The molecule has 0 spiro atoms. The summed E-state index contributed by atoms with van der Waals surface area (Å²) in [5, 5.41) is 11.2. The third kappa shape index (κ3) is 3.65. The summed E-state index contributed by atoms with van der Waals surface area (Å²) in [6, 6.07) is 4.97. The summed E-state index contributed by atoms with van der Waals surface area (Å²) in [4.78, 5) is 29.8. The predicted octanol–water partition coefficient (Wildman–Crippen LogP) is 2.67. The van der Waals surface area contributed by atoms with E-state index in [1.54, 1.807) is 35.5 Å². The van der Waals surface area contributed by atoms with Gasteiger partial charge in [-0.15, -0.1) is 11.3 Å². The van der Waals surface area contributed by atoms with Crippen LogP contribution >= 0.6 is 11.3 Å². The number of likely N-dealkylation sites (tertiary alicyclic amines) is 1. The van der Waals surface area contributed by atoms with Crippen LogP contribution in [-0.4, -0.2) is 47.1 Å². The van der Waals surface area contributed by atoms with Gasteiger partial charge in [0.05, 0.1) is 23.7 Å². The lowest BCUT2D eigenvalue weighted by atomic mass is 9.90. The smallest absolute Gasteiger partial charge is 0.311 e. The van der Waals surface area contributed by atoms with E-state index in [2.05, 4.69) is 4.98 Å². The summed E-state index contributed by atoms with van der Waals surface area (Å²) in [5.74, 6) is -0.115. The fourth-order valence-electron chi connectivity index (χ4n) is 2.87. The summed E-state index contributed by atoms with van der Waals surface area (Å²) >= 11 is 1.49. The molecule has 0 aliphatic carbocycles. The lowest BCUT2D eigenvalue weighted by molar-refractivity contribution is -0.147. The second-order valence-electron chi connectivity index (χ2n) is 6.48. The van der Waals surface area contributed by atoms with Crippen LogP contribution in [-0.2, 0) is 11.4 Å². The molecule has 7 nitrogen and oxygen atoms in total. The van der Waals surface area contributed by atoms with E-state index in [0.717, 1.165) is 5.69 Å². The number of methoxy groups -OCH3 is 1. The van der Waals surface area contributed by atoms with E-state index in [4.69, 9.17) is 9.47 Å². The topological polar surface area (TPSA) is 89.0 Å². The van der Waals surface area contributed by atoms with Crippen LogP contribution in [0.3, 0.4) is 0 Å². The first-order chi connectivity index (χ1) is 12.4. The zero-order valence-corrected chi connectivity index (χ0v) is 15.4. The molecule has 1 atom stereocenters. The quantitative estimate of drug-likeness (QED) is 0.834. The Morgan fingerprint density at radius 2 is 2.19 bits per heavy atom. The van der Waals surface area contributed by atoms with E-state index in [1.807, 2.05) is 5.38 Å². The molecule has 1 aliphatic rings. The van der Waals surface area contributed by atoms with Crippen LogP contribution in [0, 0.1) is 5.41 Å². The number of carboxylic acid groups (broad SMARTS) is 1. The van der Waals surface area contributed by atoms with Crippen LogP contribution < -0.4 is 9.47 Å². The highest BCUT2D eigenvalue weighted by molar-refractivity contribution is 7.07. The Labute approximate surface area is 155 Å². The molecule has 2 heterocycles. The van der Waals surface area contributed by atoms with Gasteiger partial charge in [0.25, 0.3) is 5.91 Å². The number of hydrogen-bond acceptors (Lipinski definition) is 6. The average molecular weight is 376 g/mol. The maximum atomic E-state index is 12.7. The first-order valence-corrected chi connectivity index (χ1v) is 9.08. The Bertz CT molecular complexity index is 808. The van der Waals surface area contributed by atoms with Crippen LogP contribution in [0.25, 0.3) is 0 Å². The number of thiazole rings is 1. The molecule has 1 aromatic heterocycles. The molecule has 3 rings (SSSR count). The summed E-state index contributed by atoms with van der Waals surface area (Å²) in [6.45, 7) is 2.60. The van der Waals surface area contributed by atoms with Gasteiger partial charge in [0.1, 0.15) is 6.61 Å². The molecule has 0 saturated carbocycles. The summed E-state index contributed by atoms with van der Waals surface area (Å²) in [6.07, 6.45) is 0.444. The standard InChI is InChI=1S/C18H20N2O5S/c1-18(17(22)23)5-6-20(10-18)16(21)12-3-4-14(15(7-12)24-2)25-8-13-9-26-11-19-13/h3-4,7,9,11H,5-6,8,10H2,1-2H3,(H,22,23).